The van der Waals surface area contributed by atoms with Gasteiger partial charge in [0.25, 0.3) is 0 Å². The lowest BCUT2D eigenvalue weighted by atomic mass is 10.0. The maximum absolute atomic E-state index is 11.1. The smallest absolute Gasteiger partial charge is 0.146 e. The standard InChI is InChI=1S/C12H13ClN2O/c1-7(16)11(14)4-8-6-15-12-3-2-9(13)5-10(8)12/h2-3,5-6,11,15H,4,14H2,1H3. The van der Waals surface area contributed by atoms with Crippen molar-refractivity contribution in [1.29, 1.82) is 0 Å². The number of fused-ring (bicyclic) bond motifs is 1. The van der Waals surface area contributed by atoms with Crippen LogP contribution in [0.4, 0.5) is 0 Å². The van der Waals surface area contributed by atoms with E-state index >= 15 is 0 Å². The van der Waals surface area contributed by atoms with Crippen LogP contribution in [0.2, 0.25) is 5.02 Å². The van der Waals surface area contributed by atoms with Gasteiger partial charge in [0.15, 0.2) is 0 Å². The lowest BCUT2D eigenvalue weighted by Gasteiger charge is -2.06. The van der Waals surface area contributed by atoms with Gasteiger partial charge in [0.05, 0.1) is 6.04 Å². The second-order valence-electron chi connectivity index (χ2n) is 3.93. The van der Waals surface area contributed by atoms with Gasteiger partial charge in [-0.1, -0.05) is 11.6 Å². The predicted molar refractivity (Wildman–Crippen MR) is 65.7 cm³/mol. The van der Waals surface area contributed by atoms with Gasteiger partial charge in [-0.2, -0.15) is 0 Å². The average molecular weight is 237 g/mol. The summed E-state index contributed by atoms with van der Waals surface area (Å²) in [7, 11) is 0. The number of nitrogens with one attached hydrogen (secondary N) is 1. The fourth-order valence-corrected chi connectivity index (χ4v) is 1.87. The summed E-state index contributed by atoms with van der Waals surface area (Å²) in [5.41, 5.74) is 7.78. The van der Waals surface area contributed by atoms with E-state index in [0.29, 0.717) is 11.4 Å². The molecule has 0 saturated carbocycles. The molecule has 2 rings (SSSR count). The molecule has 1 heterocycles. The molecule has 4 heteroatoms. The zero-order chi connectivity index (χ0) is 11.7. The molecule has 0 saturated heterocycles. The zero-order valence-corrected chi connectivity index (χ0v) is 9.71. The Labute approximate surface area is 98.6 Å². The van der Waals surface area contributed by atoms with Crippen molar-refractivity contribution in [2.75, 3.05) is 0 Å². The first-order valence-corrected chi connectivity index (χ1v) is 5.47. The van der Waals surface area contributed by atoms with Crippen LogP contribution >= 0.6 is 11.6 Å². The summed E-state index contributed by atoms with van der Waals surface area (Å²) in [6.07, 6.45) is 2.42. The van der Waals surface area contributed by atoms with Crippen molar-refractivity contribution in [3.05, 3.63) is 35.0 Å². The van der Waals surface area contributed by atoms with Gasteiger partial charge in [-0.3, -0.25) is 4.79 Å². The summed E-state index contributed by atoms with van der Waals surface area (Å²) in [4.78, 5) is 14.2. The van der Waals surface area contributed by atoms with Crippen LogP contribution in [-0.4, -0.2) is 16.8 Å². The molecule has 0 bridgehead atoms. The molecule has 0 aliphatic rings. The molecule has 0 aliphatic carbocycles. The number of hydrogen-bond acceptors (Lipinski definition) is 2. The van der Waals surface area contributed by atoms with Crippen LogP contribution in [-0.2, 0) is 11.2 Å². The monoisotopic (exact) mass is 236 g/mol. The first-order valence-electron chi connectivity index (χ1n) is 5.09. The Bertz CT molecular complexity index is 533. The fraction of sp³-hybridized carbons (Fsp3) is 0.250. The molecule has 1 aromatic carbocycles. The highest BCUT2D eigenvalue weighted by atomic mass is 35.5. The molecule has 0 fully saturated rings. The SMILES string of the molecule is CC(=O)C(N)Cc1c[nH]c2ccc(Cl)cc12. The number of Topliss-reactive ketones (excluding diaryl/α,β-unsaturated/α-hetero) is 1. The molecule has 16 heavy (non-hydrogen) atoms. The van der Waals surface area contributed by atoms with Crippen LogP contribution in [0.3, 0.4) is 0 Å². The van der Waals surface area contributed by atoms with Crippen LogP contribution in [0, 0.1) is 0 Å². The highest BCUT2D eigenvalue weighted by Crippen LogP contribution is 2.23. The second kappa shape index (κ2) is 4.28. The van der Waals surface area contributed by atoms with Gasteiger partial charge in [-0.15, -0.1) is 0 Å². The van der Waals surface area contributed by atoms with E-state index in [1.807, 2.05) is 24.4 Å². The number of rotatable bonds is 3. The number of benzene rings is 1. The number of H-pyrrole nitrogens is 1. The van der Waals surface area contributed by atoms with Gasteiger partial charge < -0.3 is 10.7 Å². The van der Waals surface area contributed by atoms with Gasteiger partial charge in [-0.05, 0) is 37.1 Å². The molecule has 84 valence electrons. The summed E-state index contributed by atoms with van der Waals surface area (Å²) < 4.78 is 0. The summed E-state index contributed by atoms with van der Waals surface area (Å²) in [5, 5.41) is 1.72. The quantitative estimate of drug-likeness (QED) is 0.859. The van der Waals surface area contributed by atoms with Crippen molar-refractivity contribution >= 4 is 28.3 Å². The molecule has 3 N–H and O–H groups in total. The summed E-state index contributed by atoms with van der Waals surface area (Å²) in [5.74, 6) is -0.00335. The van der Waals surface area contributed by atoms with Crippen LogP contribution in [0.5, 0.6) is 0 Å². The normalized spacial score (nSPS) is 12.9. The van der Waals surface area contributed by atoms with E-state index in [1.165, 1.54) is 6.92 Å². The van der Waals surface area contributed by atoms with Crippen LogP contribution in [0.15, 0.2) is 24.4 Å². The number of aromatic amines is 1. The van der Waals surface area contributed by atoms with E-state index in [1.54, 1.807) is 0 Å². The number of aromatic nitrogens is 1. The minimum Gasteiger partial charge on any atom is -0.361 e. The molecule has 0 aliphatic heterocycles. The van der Waals surface area contributed by atoms with E-state index in [0.717, 1.165) is 16.5 Å². The first kappa shape index (κ1) is 11.2. The van der Waals surface area contributed by atoms with Crippen LogP contribution in [0.1, 0.15) is 12.5 Å². The van der Waals surface area contributed by atoms with E-state index in [-0.39, 0.29) is 5.78 Å². The Hall–Kier alpha value is -1.32. The average Bonchev–Trinajstić information content (AvgIpc) is 2.61. The van der Waals surface area contributed by atoms with Crippen molar-refractivity contribution in [1.82, 2.24) is 4.98 Å². The van der Waals surface area contributed by atoms with Gasteiger partial charge in [0, 0.05) is 22.1 Å². The lowest BCUT2D eigenvalue weighted by Crippen LogP contribution is -2.30. The summed E-state index contributed by atoms with van der Waals surface area (Å²) in [6, 6.07) is 5.18. The Kier molecular flexibility index (Phi) is 2.99. The lowest BCUT2D eigenvalue weighted by molar-refractivity contribution is -0.118. The minimum absolute atomic E-state index is 0.00335. The summed E-state index contributed by atoms with van der Waals surface area (Å²) >= 11 is 5.93. The Morgan fingerprint density at radius 2 is 2.31 bits per heavy atom. The van der Waals surface area contributed by atoms with Gasteiger partial charge in [0.1, 0.15) is 5.78 Å². The number of ketones is 1. The number of hydrogen-bond donors (Lipinski definition) is 2. The molecule has 1 unspecified atom stereocenters. The maximum Gasteiger partial charge on any atom is 0.146 e. The van der Waals surface area contributed by atoms with E-state index in [4.69, 9.17) is 17.3 Å². The number of halogens is 1. The number of carbonyl (C=O) groups is 1. The van der Waals surface area contributed by atoms with E-state index < -0.39 is 6.04 Å². The highest BCUT2D eigenvalue weighted by Gasteiger charge is 2.12. The van der Waals surface area contributed by atoms with Crippen molar-refractivity contribution in [3.63, 3.8) is 0 Å². The third-order valence-electron chi connectivity index (χ3n) is 2.69. The number of nitrogens with two attached hydrogens (primary N) is 1. The molecule has 0 spiro atoms. The topological polar surface area (TPSA) is 58.9 Å². The third kappa shape index (κ3) is 2.10. The molecule has 0 amide bonds. The van der Waals surface area contributed by atoms with E-state index in [2.05, 4.69) is 4.98 Å². The van der Waals surface area contributed by atoms with Gasteiger partial charge >= 0.3 is 0 Å². The second-order valence-corrected chi connectivity index (χ2v) is 4.36. The first-order chi connectivity index (χ1) is 7.58. The molecule has 0 radical (unpaired) electrons. The minimum atomic E-state index is -0.446. The highest BCUT2D eigenvalue weighted by molar-refractivity contribution is 6.31. The van der Waals surface area contributed by atoms with Crippen LogP contribution < -0.4 is 5.73 Å². The fourth-order valence-electron chi connectivity index (χ4n) is 1.70. The van der Waals surface area contributed by atoms with Crippen molar-refractivity contribution < 1.29 is 4.79 Å². The zero-order valence-electron chi connectivity index (χ0n) is 8.96. The van der Waals surface area contributed by atoms with Crippen molar-refractivity contribution in [3.8, 4) is 0 Å². The van der Waals surface area contributed by atoms with Crippen LogP contribution in [0.25, 0.3) is 10.9 Å². The van der Waals surface area contributed by atoms with Crippen molar-refractivity contribution in [2.45, 2.75) is 19.4 Å². The molecular formula is C12H13ClN2O. The van der Waals surface area contributed by atoms with E-state index in [9.17, 15) is 4.79 Å². The van der Waals surface area contributed by atoms with Gasteiger partial charge in [-0.25, -0.2) is 0 Å². The Balaban J connectivity index is 2.37. The molecule has 1 atom stereocenters. The Morgan fingerprint density at radius 1 is 1.56 bits per heavy atom. The summed E-state index contributed by atoms with van der Waals surface area (Å²) in [6.45, 7) is 1.51. The van der Waals surface area contributed by atoms with Crippen molar-refractivity contribution in [2.24, 2.45) is 5.73 Å². The third-order valence-corrected chi connectivity index (χ3v) is 2.93. The maximum atomic E-state index is 11.1. The Morgan fingerprint density at radius 3 is 3.00 bits per heavy atom. The largest absolute Gasteiger partial charge is 0.361 e. The van der Waals surface area contributed by atoms with Gasteiger partial charge in [0.2, 0.25) is 0 Å². The molecule has 2 aromatic rings. The number of carbonyl (C=O) groups excluding carboxylic acids is 1. The molecule has 3 nitrogen and oxygen atoms in total. The molecular weight excluding hydrogens is 224 g/mol. The molecule has 1 aromatic heterocycles. The predicted octanol–water partition coefficient (Wildman–Crippen LogP) is 2.28.